The summed E-state index contributed by atoms with van der Waals surface area (Å²) in [5, 5.41) is 2.87. The number of hydrogen-bond acceptors (Lipinski definition) is 6. The van der Waals surface area contributed by atoms with Crippen LogP contribution in [-0.2, 0) is 29.2 Å². The van der Waals surface area contributed by atoms with Crippen LogP contribution in [0.1, 0.15) is 69.4 Å². The van der Waals surface area contributed by atoms with Gasteiger partial charge in [-0.2, -0.15) is 0 Å². The second-order valence-corrected chi connectivity index (χ2v) is 12.1. The van der Waals surface area contributed by atoms with Crippen molar-refractivity contribution in [3.8, 4) is 0 Å². The first-order valence-corrected chi connectivity index (χ1v) is 15.1. The minimum atomic E-state index is -0.250. The van der Waals surface area contributed by atoms with E-state index in [0.717, 1.165) is 61.5 Å². The molecule has 42 heavy (non-hydrogen) atoms. The Morgan fingerprint density at radius 3 is 2.60 bits per heavy atom. The maximum Gasteiger partial charge on any atom is 0.294 e. The van der Waals surface area contributed by atoms with Crippen LogP contribution in [0.4, 0.5) is 5.69 Å². The summed E-state index contributed by atoms with van der Waals surface area (Å²) in [6, 6.07) is 16.1. The summed E-state index contributed by atoms with van der Waals surface area (Å²) in [5.74, 6) is 0.979. The molecule has 1 aromatic heterocycles. The van der Waals surface area contributed by atoms with E-state index in [4.69, 9.17) is 4.74 Å². The van der Waals surface area contributed by atoms with Gasteiger partial charge in [0, 0.05) is 43.9 Å². The number of hydrogen-bond donors (Lipinski definition) is 1. The van der Waals surface area contributed by atoms with Crippen molar-refractivity contribution in [3.05, 3.63) is 82.9 Å². The Kier molecular flexibility index (Phi) is 6.15. The number of rotatable bonds is 5. The second-order valence-electron chi connectivity index (χ2n) is 12.1. The normalized spacial score (nSPS) is 26.0. The molecule has 10 heteroatoms. The number of carbonyl (C=O) groups excluding carboxylic acids is 3. The molecule has 5 aliphatic rings. The van der Waals surface area contributed by atoms with E-state index in [1.807, 2.05) is 52.4 Å². The van der Waals surface area contributed by atoms with Crippen LogP contribution >= 0.6 is 0 Å². The number of ether oxygens (including phenoxy) is 1. The van der Waals surface area contributed by atoms with Gasteiger partial charge < -0.3 is 24.4 Å². The van der Waals surface area contributed by atoms with E-state index in [2.05, 4.69) is 31.9 Å². The molecule has 8 rings (SSSR count). The number of epoxide rings is 1. The van der Waals surface area contributed by atoms with Crippen molar-refractivity contribution in [2.24, 2.45) is 0 Å². The molecule has 3 unspecified atom stereocenters. The summed E-state index contributed by atoms with van der Waals surface area (Å²) in [5.41, 5.74) is 5.17. The first-order chi connectivity index (χ1) is 20.5. The minimum Gasteiger partial charge on any atom is -0.346 e. The monoisotopic (exact) mass is 566 g/mol. The number of nitrogens with one attached hydrogen (secondary N) is 1. The number of imidazole rings is 1. The molecule has 6 heterocycles. The fraction of sp³-hybridized carbons (Fsp3) is 0.438. The third kappa shape index (κ3) is 4.40. The molecule has 3 saturated heterocycles. The molecule has 2 aromatic carbocycles. The molecule has 0 spiro atoms. The minimum absolute atomic E-state index is 0.000836. The van der Waals surface area contributed by atoms with Gasteiger partial charge in [-0.05, 0) is 67.6 Å². The molecule has 3 atom stereocenters. The fourth-order valence-corrected chi connectivity index (χ4v) is 7.31. The SMILES string of the molecule is O=C1CCC(N2Cc3cc(C4CCN(Cc5cnc6n5CCN(c5ccccc5)C6=O)CC4)ccc3C2=O)C2OC2N1. The zero-order valence-electron chi connectivity index (χ0n) is 23.4. The molecule has 0 radical (unpaired) electrons. The maximum absolute atomic E-state index is 13.3. The number of nitrogens with zero attached hydrogens (tertiary/aromatic N) is 5. The van der Waals surface area contributed by atoms with Gasteiger partial charge in [0.05, 0.1) is 17.9 Å². The van der Waals surface area contributed by atoms with E-state index in [-0.39, 0.29) is 36.1 Å². The highest BCUT2D eigenvalue weighted by molar-refractivity contribution is 6.04. The standard InChI is InChI=1S/C32H34N6O4/c39-27-9-8-26(28-30(34-27)42-28)38-18-22-16-21(6-7-25(22)31(38)40)20-10-12-35(13-11-20)19-24-17-33-29-32(41)37(15-14-36(24)29)23-4-2-1-3-5-23/h1-7,16-17,20,26,28,30H,8-15,18-19H2,(H,34,39). The first-order valence-electron chi connectivity index (χ1n) is 15.1. The number of anilines is 1. The lowest BCUT2D eigenvalue weighted by Gasteiger charge is -2.33. The quantitative estimate of drug-likeness (QED) is 0.477. The topological polar surface area (TPSA) is 103 Å². The molecule has 10 nitrogen and oxygen atoms in total. The molecule has 3 amide bonds. The van der Waals surface area contributed by atoms with Gasteiger partial charge >= 0.3 is 0 Å². The van der Waals surface area contributed by atoms with Crippen molar-refractivity contribution < 1.29 is 19.1 Å². The third-order valence-electron chi connectivity index (χ3n) is 9.67. The number of benzene rings is 2. The van der Waals surface area contributed by atoms with Gasteiger partial charge in [-0.25, -0.2) is 4.98 Å². The van der Waals surface area contributed by atoms with Crippen LogP contribution in [0, 0.1) is 0 Å². The van der Waals surface area contributed by atoms with Crippen molar-refractivity contribution >= 4 is 23.4 Å². The summed E-state index contributed by atoms with van der Waals surface area (Å²) in [6.45, 7) is 4.70. The summed E-state index contributed by atoms with van der Waals surface area (Å²) in [4.78, 5) is 49.1. The summed E-state index contributed by atoms with van der Waals surface area (Å²) in [6.07, 6.45) is 4.68. The molecule has 0 bridgehead atoms. The van der Waals surface area contributed by atoms with Crippen LogP contribution in [0.2, 0.25) is 0 Å². The highest BCUT2D eigenvalue weighted by atomic mass is 16.6. The fourth-order valence-electron chi connectivity index (χ4n) is 7.31. The highest BCUT2D eigenvalue weighted by Crippen LogP contribution is 2.38. The largest absolute Gasteiger partial charge is 0.346 e. The number of piperidine rings is 1. The van der Waals surface area contributed by atoms with E-state index in [1.165, 1.54) is 5.56 Å². The second kappa shape index (κ2) is 10.1. The van der Waals surface area contributed by atoms with Crippen LogP contribution in [0.5, 0.6) is 0 Å². The average molecular weight is 567 g/mol. The Labute approximate surface area is 244 Å². The van der Waals surface area contributed by atoms with E-state index in [0.29, 0.717) is 37.7 Å². The summed E-state index contributed by atoms with van der Waals surface area (Å²) in [7, 11) is 0. The molecule has 0 aliphatic carbocycles. The Hall–Kier alpha value is -4.02. The molecule has 1 N–H and O–H groups in total. The lowest BCUT2D eigenvalue weighted by molar-refractivity contribution is -0.121. The van der Waals surface area contributed by atoms with E-state index in [9.17, 15) is 14.4 Å². The molecular formula is C32H34N6O4. The number of carbonyl (C=O) groups is 3. The average Bonchev–Trinajstić information content (AvgIpc) is 3.56. The van der Waals surface area contributed by atoms with Gasteiger partial charge in [0.1, 0.15) is 6.10 Å². The summed E-state index contributed by atoms with van der Waals surface area (Å²) < 4.78 is 7.76. The number of amides is 3. The molecule has 216 valence electrons. The van der Waals surface area contributed by atoms with Crippen LogP contribution < -0.4 is 10.2 Å². The Balaban J connectivity index is 0.900. The predicted molar refractivity (Wildman–Crippen MR) is 154 cm³/mol. The Bertz CT molecular complexity index is 1560. The Morgan fingerprint density at radius 1 is 0.929 bits per heavy atom. The van der Waals surface area contributed by atoms with Gasteiger partial charge in [-0.3, -0.25) is 19.3 Å². The van der Waals surface area contributed by atoms with Crippen LogP contribution in [0.15, 0.2) is 54.7 Å². The van der Waals surface area contributed by atoms with Crippen molar-refractivity contribution in [2.45, 2.75) is 69.6 Å². The van der Waals surface area contributed by atoms with Crippen LogP contribution in [-0.4, -0.2) is 75.1 Å². The number of likely N-dealkylation sites (tertiary alicyclic amines) is 1. The zero-order valence-corrected chi connectivity index (χ0v) is 23.4. The van der Waals surface area contributed by atoms with Crippen molar-refractivity contribution in [1.82, 2.24) is 24.7 Å². The van der Waals surface area contributed by atoms with Gasteiger partial charge in [0.25, 0.3) is 11.8 Å². The third-order valence-corrected chi connectivity index (χ3v) is 9.67. The van der Waals surface area contributed by atoms with Gasteiger partial charge in [0.2, 0.25) is 5.91 Å². The van der Waals surface area contributed by atoms with Gasteiger partial charge in [-0.1, -0.05) is 30.3 Å². The first kappa shape index (κ1) is 25.7. The molecular weight excluding hydrogens is 532 g/mol. The lowest BCUT2D eigenvalue weighted by Crippen LogP contribution is -2.41. The lowest BCUT2D eigenvalue weighted by atomic mass is 9.88. The predicted octanol–water partition coefficient (Wildman–Crippen LogP) is 2.88. The Morgan fingerprint density at radius 2 is 1.76 bits per heavy atom. The highest BCUT2D eigenvalue weighted by Gasteiger charge is 2.52. The number of fused-ring (bicyclic) bond motifs is 3. The molecule has 5 aliphatic heterocycles. The van der Waals surface area contributed by atoms with Crippen LogP contribution in [0.25, 0.3) is 0 Å². The van der Waals surface area contributed by atoms with Crippen molar-refractivity contribution in [1.29, 1.82) is 0 Å². The van der Waals surface area contributed by atoms with Crippen molar-refractivity contribution in [2.75, 3.05) is 24.5 Å². The molecule has 3 aromatic rings. The summed E-state index contributed by atoms with van der Waals surface area (Å²) >= 11 is 0. The smallest absolute Gasteiger partial charge is 0.294 e. The zero-order chi connectivity index (χ0) is 28.4. The molecule has 3 fully saturated rings. The van der Waals surface area contributed by atoms with Gasteiger partial charge in [0.15, 0.2) is 12.1 Å². The molecule has 0 saturated carbocycles. The number of aromatic nitrogens is 2. The number of para-hydroxylation sites is 1. The maximum atomic E-state index is 13.3. The van der Waals surface area contributed by atoms with Crippen LogP contribution in [0.3, 0.4) is 0 Å². The van der Waals surface area contributed by atoms with E-state index >= 15 is 0 Å². The van der Waals surface area contributed by atoms with Gasteiger partial charge in [-0.15, -0.1) is 0 Å². The van der Waals surface area contributed by atoms with Crippen molar-refractivity contribution in [3.63, 3.8) is 0 Å². The van der Waals surface area contributed by atoms with E-state index < -0.39 is 0 Å². The van der Waals surface area contributed by atoms with E-state index in [1.54, 1.807) is 0 Å².